The number of ether oxygens (including phenoxy) is 1. The third-order valence-electron chi connectivity index (χ3n) is 2.99. The van der Waals surface area contributed by atoms with Gasteiger partial charge in [0.25, 0.3) is 0 Å². The minimum Gasteiger partial charge on any atom is -0.444 e. The largest absolute Gasteiger partial charge is 0.444 e. The zero-order valence-corrected chi connectivity index (χ0v) is 13.8. The molecular weight excluding hydrogens is 313 g/mol. The molecule has 1 unspecified atom stereocenters. The number of carbonyl (C=O) groups excluding carboxylic acids is 1. The molecule has 1 atom stereocenters. The molecule has 0 radical (unpaired) electrons. The molecule has 1 fully saturated rings. The Hall–Kier alpha value is -1.04. The number of carbonyl (C=O) groups is 1. The average Bonchev–Trinajstić information content (AvgIpc) is 2.37. The van der Waals surface area contributed by atoms with Crippen molar-refractivity contribution in [3.8, 4) is 0 Å². The number of piperazine rings is 1. The van der Waals surface area contributed by atoms with E-state index in [0.717, 1.165) is 0 Å². The molecular formula is C14H19Cl2N3O2. The number of aromatic nitrogens is 1. The summed E-state index contributed by atoms with van der Waals surface area (Å²) in [5, 5.41) is 4.28. The van der Waals surface area contributed by atoms with Crippen molar-refractivity contribution < 1.29 is 9.53 Å². The highest BCUT2D eigenvalue weighted by Gasteiger charge is 2.29. The Balaban J connectivity index is 2.08. The maximum absolute atomic E-state index is 12.1. The lowest BCUT2D eigenvalue weighted by atomic mass is 10.1. The predicted octanol–water partition coefficient (Wildman–Crippen LogP) is 3.27. The average molecular weight is 332 g/mol. The van der Waals surface area contributed by atoms with Gasteiger partial charge in [0.15, 0.2) is 0 Å². The van der Waals surface area contributed by atoms with Crippen LogP contribution in [0.15, 0.2) is 12.3 Å². The van der Waals surface area contributed by atoms with E-state index in [1.165, 1.54) is 0 Å². The Labute approximate surface area is 134 Å². The van der Waals surface area contributed by atoms with E-state index >= 15 is 0 Å². The standard InChI is InChI=1S/C14H19Cl2N3O2/c1-14(2,3)21-13(20)19-5-4-17-11(8-19)12-10(16)6-9(15)7-18-12/h6-7,11,17H,4-5,8H2,1-3H3. The van der Waals surface area contributed by atoms with Crippen LogP contribution in [0.4, 0.5) is 4.79 Å². The molecule has 0 saturated carbocycles. The number of amides is 1. The molecule has 1 aliphatic rings. The van der Waals surface area contributed by atoms with Crippen molar-refractivity contribution in [2.75, 3.05) is 19.6 Å². The van der Waals surface area contributed by atoms with Gasteiger partial charge >= 0.3 is 6.09 Å². The first-order valence-electron chi connectivity index (χ1n) is 6.78. The minimum absolute atomic E-state index is 0.129. The van der Waals surface area contributed by atoms with Gasteiger partial charge in [-0.15, -0.1) is 0 Å². The molecule has 1 aromatic rings. The van der Waals surface area contributed by atoms with Gasteiger partial charge in [0, 0.05) is 25.8 Å². The SMILES string of the molecule is CC(C)(C)OC(=O)N1CCNC(c2ncc(Cl)cc2Cl)C1. The lowest BCUT2D eigenvalue weighted by Crippen LogP contribution is -2.50. The van der Waals surface area contributed by atoms with E-state index in [9.17, 15) is 4.79 Å². The smallest absolute Gasteiger partial charge is 0.410 e. The Kier molecular flexibility index (Phi) is 4.96. The summed E-state index contributed by atoms with van der Waals surface area (Å²) in [4.78, 5) is 18.1. The highest BCUT2D eigenvalue weighted by molar-refractivity contribution is 6.34. The van der Waals surface area contributed by atoms with Gasteiger partial charge in [-0.05, 0) is 26.8 Å². The summed E-state index contributed by atoms with van der Waals surface area (Å²) in [6, 6.07) is 1.52. The molecule has 1 amide bonds. The first-order chi connectivity index (χ1) is 9.76. The van der Waals surface area contributed by atoms with Gasteiger partial charge in [-0.3, -0.25) is 4.98 Å². The fourth-order valence-electron chi connectivity index (χ4n) is 2.11. The van der Waals surface area contributed by atoms with Crippen molar-refractivity contribution in [3.63, 3.8) is 0 Å². The molecule has 0 aromatic carbocycles. The number of hydrogen-bond donors (Lipinski definition) is 1. The van der Waals surface area contributed by atoms with Crippen molar-refractivity contribution in [2.24, 2.45) is 0 Å². The fourth-order valence-corrected chi connectivity index (χ4v) is 2.62. The van der Waals surface area contributed by atoms with Gasteiger partial charge in [0.05, 0.1) is 21.8 Å². The molecule has 21 heavy (non-hydrogen) atoms. The zero-order chi connectivity index (χ0) is 15.6. The number of pyridine rings is 1. The van der Waals surface area contributed by atoms with Crippen LogP contribution in [0.5, 0.6) is 0 Å². The molecule has 1 aromatic heterocycles. The van der Waals surface area contributed by atoms with Crippen molar-refractivity contribution >= 4 is 29.3 Å². The monoisotopic (exact) mass is 331 g/mol. The predicted molar refractivity (Wildman–Crippen MR) is 82.8 cm³/mol. The van der Waals surface area contributed by atoms with Crippen LogP contribution in [0, 0.1) is 0 Å². The summed E-state index contributed by atoms with van der Waals surface area (Å²) >= 11 is 12.0. The summed E-state index contributed by atoms with van der Waals surface area (Å²) < 4.78 is 5.40. The quantitative estimate of drug-likeness (QED) is 0.858. The normalized spacial score (nSPS) is 19.5. The molecule has 116 valence electrons. The summed E-state index contributed by atoms with van der Waals surface area (Å²) in [5.74, 6) is 0. The molecule has 1 saturated heterocycles. The van der Waals surface area contributed by atoms with Crippen LogP contribution in [-0.2, 0) is 4.74 Å². The molecule has 2 rings (SSSR count). The number of nitrogens with zero attached hydrogens (tertiary/aromatic N) is 2. The van der Waals surface area contributed by atoms with Gasteiger partial charge in [-0.2, -0.15) is 0 Å². The van der Waals surface area contributed by atoms with Gasteiger partial charge in [0.1, 0.15) is 5.60 Å². The Morgan fingerprint density at radius 2 is 2.19 bits per heavy atom. The summed E-state index contributed by atoms with van der Waals surface area (Å²) in [7, 11) is 0. The Morgan fingerprint density at radius 1 is 1.48 bits per heavy atom. The van der Waals surface area contributed by atoms with Crippen LogP contribution in [0.3, 0.4) is 0 Å². The van der Waals surface area contributed by atoms with Crippen molar-refractivity contribution in [3.05, 3.63) is 28.0 Å². The highest BCUT2D eigenvalue weighted by Crippen LogP contribution is 2.26. The van der Waals surface area contributed by atoms with Crippen LogP contribution in [0.2, 0.25) is 10.0 Å². The summed E-state index contributed by atoms with van der Waals surface area (Å²) in [6.07, 6.45) is 1.23. The van der Waals surface area contributed by atoms with Crippen LogP contribution in [-0.4, -0.2) is 41.2 Å². The molecule has 0 bridgehead atoms. The van der Waals surface area contributed by atoms with Crippen LogP contribution in [0.25, 0.3) is 0 Å². The second-order valence-electron chi connectivity index (χ2n) is 5.95. The molecule has 2 heterocycles. The highest BCUT2D eigenvalue weighted by atomic mass is 35.5. The number of nitrogens with one attached hydrogen (secondary N) is 1. The Morgan fingerprint density at radius 3 is 2.81 bits per heavy atom. The van der Waals surface area contributed by atoms with Crippen molar-refractivity contribution in [1.29, 1.82) is 0 Å². The van der Waals surface area contributed by atoms with Crippen LogP contribution < -0.4 is 5.32 Å². The molecule has 0 spiro atoms. The topological polar surface area (TPSA) is 54.5 Å². The maximum Gasteiger partial charge on any atom is 0.410 e. The molecule has 7 heteroatoms. The maximum atomic E-state index is 12.1. The van der Waals surface area contributed by atoms with E-state index in [0.29, 0.717) is 35.4 Å². The Bertz CT molecular complexity index is 531. The lowest BCUT2D eigenvalue weighted by Gasteiger charge is -2.34. The van der Waals surface area contributed by atoms with Gasteiger partial charge in [0.2, 0.25) is 0 Å². The number of halogens is 2. The van der Waals surface area contributed by atoms with Gasteiger partial charge < -0.3 is 15.0 Å². The number of hydrogen-bond acceptors (Lipinski definition) is 4. The number of rotatable bonds is 1. The lowest BCUT2D eigenvalue weighted by molar-refractivity contribution is 0.0194. The third kappa shape index (κ3) is 4.46. The third-order valence-corrected chi connectivity index (χ3v) is 3.50. The first-order valence-corrected chi connectivity index (χ1v) is 7.54. The van der Waals surface area contributed by atoms with E-state index in [-0.39, 0.29) is 12.1 Å². The fraction of sp³-hybridized carbons (Fsp3) is 0.571. The molecule has 1 aliphatic heterocycles. The minimum atomic E-state index is -0.506. The van der Waals surface area contributed by atoms with Crippen LogP contribution >= 0.6 is 23.2 Å². The van der Waals surface area contributed by atoms with Gasteiger partial charge in [-0.1, -0.05) is 23.2 Å². The molecule has 1 N–H and O–H groups in total. The van der Waals surface area contributed by atoms with Crippen molar-refractivity contribution in [2.45, 2.75) is 32.4 Å². The molecule has 0 aliphatic carbocycles. The van der Waals surface area contributed by atoms with E-state index < -0.39 is 5.60 Å². The first kappa shape index (κ1) is 16.3. The summed E-state index contributed by atoms with van der Waals surface area (Å²) in [6.45, 7) is 7.26. The van der Waals surface area contributed by atoms with Crippen molar-refractivity contribution in [1.82, 2.24) is 15.2 Å². The van der Waals surface area contributed by atoms with E-state index in [1.807, 2.05) is 20.8 Å². The summed E-state index contributed by atoms with van der Waals surface area (Å²) in [5.41, 5.74) is 0.183. The second-order valence-corrected chi connectivity index (χ2v) is 6.80. The zero-order valence-electron chi connectivity index (χ0n) is 12.3. The molecule has 5 nitrogen and oxygen atoms in total. The van der Waals surface area contributed by atoms with E-state index in [4.69, 9.17) is 27.9 Å². The van der Waals surface area contributed by atoms with Crippen LogP contribution in [0.1, 0.15) is 32.5 Å². The van der Waals surface area contributed by atoms with E-state index in [1.54, 1.807) is 17.2 Å². The van der Waals surface area contributed by atoms with Gasteiger partial charge in [-0.25, -0.2) is 4.79 Å². The second kappa shape index (κ2) is 6.38. The van der Waals surface area contributed by atoms with E-state index in [2.05, 4.69) is 10.3 Å².